The van der Waals surface area contributed by atoms with Gasteiger partial charge in [0.15, 0.2) is 0 Å². The first-order valence-electron chi connectivity index (χ1n) is 9.48. The Hall–Kier alpha value is -2.01. The molecule has 2 aromatic rings. The highest BCUT2D eigenvalue weighted by atomic mass is 16.1. The fourth-order valence-electron chi connectivity index (χ4n) is 4.72. The van der Waals surface area contributed by atoms with Gasteiger partial charge in [0, 0.05) is 42.4 Å². The number of nitrogens with zero attached hydrogens (tertiary/aromatic N) is 3. The van der Waals surface area contributed by atoms with Crippen molar-refractivity contribution in [2.24, 2.45) is 0 Å². The topological polar surface area (TPSA) is 61.9 Å². The van der Waals surface area contributed by atoms with Crippen molar-refractivity contribution in [3.05, 3.63) is 57.5 Å². The number of aromatic nitrogens is 3. The molecule has 5 nitrogen and oxygen atoms in total. The summed E-state index contributed by atoms with van der Waals surface area (Å²) < 4.78 is 0. The molecular formula is C20H24N4O. The van der Waals surface area contributed by atoms with Crippen LogP contribution in [0.2, 0.25) is 0 Å². The predicted molar refractivity (Wildman–Crippen MR) is 95.6 cm³/mol. The molecule has 130 valence electrons. The maximum absolute atomic E-state index is 12.5. The van der Waals surface area contributed by atoms with Crippen molar-refractivity contribution < 1.29 is 0 Å². The highest BCUT2D eigenvalue weighted by molar-refractivity contribution is 5.35. The van der Waals surface area contributed by atoms with E-state index in [1.165, 1.54) is 24.8 Å². The lowest BCUT2D eigenvalue weighted by Crippen LogP contribution is -2.45. The third kappa shape index (κ3) is 2.71. The van der Waals surface area contributed by atoms with Crippen molar-refractivity contribution in [1.82, 2.24) is 19.9 Å². The molecule has 0 radical (unpaired) electrons. The molecule has 2 fully saturated rings. The number of hydrogen-bond acceptors (Lipinski definition) is 4. The van der Waals surface area contributed by atoms with Crippen molar-refractivity contribution in [3.63, 3.8) is 0 Å². The van der Waals surface area contributed by atoms with Crippen molar-refractivity contribution >= 4 is 0 Å². The molecule has 3 aliphatic rings. The summed E-state index contributed by atoms with van der Waals surface area (Å²) in [5.41, 5.74) is 3.59. The van der Waals surface area contributed by atoms with Gasteiger partial charge in [0.2, 0.25) is 0 Å². The van der Waals surface area contributed by atoms with Gasteiger partial charge in [0.05, 0.1) is 5.69 Å². The summed E-state index contributed by atoms with van der Waals surface area (Å²) in [7, 11) is 0. The molecule has 1 N–H and O–H groups in total. The summed E-state index contributed by atoms with van der Waals surface area (Å²) in [6.45, 7) is 3.10. The minimum Gasteiger partial charge on any atom is -0.310 e. The second-order valence-corrected chi connectivity index (χ2v) is 8.00. The van der Waals surface area contributed by atoms with E-state index in [1.807, 2.05) is 12.4 Å². The molecule has 1 aliphatic heterocycles. The highest BCUT2D eigenvalue weighted by Crippen LogP contribution is 2.45. The normalized spacial score (nSPS) is 26.1. The van der Waals surface area contributed by atoms with Gasteiger partial charge in [0.25, 0.3) is 5.56 Å². The summed E-state index contributed by atoms with van der Waals surface area (Å²) in [5, 5.41) is 0. The van der Waals surface area contributed by atoms with Gasteiger partial charge in [-0.3, -0.25) is 14.7 Å². The average Bonchev–Trinajstić information content (AvgIpc) is 3.42. The van der Waals surface area contributed by atoms with Crippen LogP contribution in [0.15, 0.2) is 29.3 Å². The number of rotatable bonds is 3. The van der Waals surface area contributed by atoms with E-state index in [9.17, 15) is 4.79 Å². The number of nitrogens with one attached hydrogen (secondary N) is 1. The van der Waals surface area contributed by atoms with Crippen molar-refractivity contribution in [1.29, 1.82) is 0 Å². The Balaban J connectivity index is 1.45. The van der Waals surface area contributed by atoms with Crippen LogP contribution in [0.25, 0.3) is 0 Å². The molecule has 1 atom stereocenters. The zero-order valence-electron chi connectivity index (χ0n) is 14.5. The van der Waals surface area contributed by atoms with Crippen LogP contribution in [0.4, 0.5) is 0 Å². The fourth-order valence-corrected chi connectivity index (χ4v) is 4.72. The minimum absolute atomic E-state index is 0.0819. The van der Waals surface area contributed by atoms with E-state index in [1.54, 1.807) is 0 Å². The Morgan fingerprint density at radius 3 is 2.88 bits per heavy atom. The maximum atomic E-state index is 12.5. The molecule has 2 aromatic heterocycles. The summed E-state index contributed by atoms with van der Waals surface area (Å²) in [6.07, 6.45) is 10.4. The van der Waals surface area contributed by atoms with E-state index in [2.05, 4.69) is 27.0 Å². The van der Waals surface area contributed by atoms with Crippen LogP contribution in [0.5, 0.6) is 0 Å². The van der Waals surface area contributed by atoms with Crippen LogP contribution in [0.3, 0.4) is 0 Å². The zero-order chi connectivity index (χ0) is 16.9. The Labute approximate surface area is 147 Å². The summed E-state index contributed by atoms with van der Waals surface area (Å²) in [5.74, 6) is 1.43. The largest absolute Gasteiger partial charge is 0.310 e. The predicted octanol–water partition coefficient (Wildman–Crippen LogP) is 2.52. The van der Waals surface area contributed by atoms with Gasteiger partial charge in [-0.25, -0.2) is 4.98 Å². The number of hydrogen-bond donors (Lipinski definition) is 1. The standard InChI is InChI=1S/C20H24N4O/c25-19-16-4-8-20(17(16)22-18(23-19)15-2-3-15)7-1-11-24(13-20)12-14-5-9-21-10-6-14/h5-6,9-10,15H,1-4,7-8,11-13H2,(H,22,23,25). The van der Waals surface area contributed by atoms with Crippen molar-refractivity contribution in [2.45, 2.75) is 56.4 Å². The van der Waals surface area contributed by atoms with E-state index in [0.717, 1.165) is 56.0 Å². The number of fused-ring (bicyclic) bond motifs is 2. The molecule has 0 bridgehead atoms. The minimum atomic E-state index is 0.0819. The molecule has 1 saturated heterocycles. The SMILES string of the molecule is O=c1[nH]c(C2CC2)nc2c1CCC21CCCN(Cc2ccncc2)C1. The first-order chi connectivity index (χ1) is 12.2. The van der Waals surface area contributed by atoms with Crippen LogP contribution in [-0.2, 0) is 18.4 Å². The first-order valence-corrected chi connectivity index (χ1v) is 9.48. The molecule has 0 amide bonds. The lowest BCUT2D eigenvalue weighted by Gasteiger charge is -2.40. The first kappa shape index (κ1) is 15.3. The van der Waals surface area contributed by atoms with Crippen molar-refractivity contribution in [3.8, 4) is 0 Å². The third-order valence-electron chi connectivity index (χ3n) is 6.17. The van der Waals surface area contributed by atoms with Crippen molar-refractivity contribution in [2.75, 3.05) is 13.1 Å². The number of piperidine rings is 1. The Bertz CT molecular complexity index is 843. The fraction of sp³-hybridized carbons (Fsp3) is 0.550. The summed E-state index contributed by atoms with van der Waals surface area (Å²) in [6, 6.07) is 4.19. The van der Waals surface area contributed by atoms with Gasteiger partial charge in [-0.15, -0.1) is 0 Å². The monoisotopic (exact) mass is 336 g/mol. The lowest BCUT2D eigenvalue weighted by molar-refractivity contribution is 0.136. The number of pyridine rings is 1. The van der Waals surface area contributed by atoms with Crippen LogP contribution in [0.1, 0.15) is 60.7 Å². The molecule has 3 heterocycles. The van der Waals surface area contributed by atoms with Crippen LogP contribution in [-0.4, -0.2) is 32.9 Å². The molecule has 5 rings (SSSR count). The Morgan fingerprint density at radius 1 is 1.24 bits per heavy atom. The molecular weight excluding hydrogens is 312 g/mol. The quantitative estimate of drug-likeness (QED) is 0.935. The van der Waals surface area contributed by atoms with E-state index in [-0.39, 0.29) is 11.0 Å². The van der Waals surface area contributed by atoms with Gasteiger partial charge >= 0.3 is 0 Å². The maximum Gasteiger partial charge on any atom is 0.254 e. The average molecular weight is 336 g/mol. The molecule has 1 spiro atoms. The van der Waals surface area contributed by atoms with Crippen LogP contribution >= 0.6 is 0 Å². The second-order valence-electron chi connectivity index (χ2n) is 8.00. The summed E-state index contributed by atoms with van der Waals surface area (Å²) >= 11 is 0. The molecule has 2 aliphatic carbocycles. The lowest BCUT2D eigenvalue weighted by atomic mass is 9.77. The van der Waals surface area contributed by atoms with Crippen LogP contribution < -0.4 is 5.56 Å². The number of H-pyrrole nitrogens is 1. The van der Waals surface area contributed by atoms with E-state index < -0.39 is 0 Å². The summed E-state index contributed by atoms with van der Waals surface area (Å²) in [4.78, 5) is 27.3. The second kappa shape index (κ2) is 5.77. The van der Waals surface area contributed by atoms with Gasteiger partial charge in [-0.2, -0.15) is 0 Å². The molecule has 5 heteroatoms. The van der Waals surface area contributed by atoms with Crippen LogP contribution in [0, 0.1) is 0 Å². The number of likely N-dealkylation sites (tertiary alicyclic amines) is 1. The van der Waals surface area contributed by atoms with Gasteiger partial charge < -0.3 is 4.98 Å². The highest BCUT2D eigenvalue weighted by Gasteiger charge is 2.45. The van der Waals surface area contributed by atoms with Gasteiger partial charge in [-0.05, 0) is 62.8 Å². The Morgan fingerprint density at radius 2 is 2.08 bits per heavy atom. The Kier molecular flexibility index (Phi) is 3.52. The van der Waals surface area contributed by atoms with Gasteiger partial charge in [-0.1, -0.05) is 0 Å². The van der Waals surface area contributed by atoms with Gasteiger partial charge in [0.1, 0.15) is 5.82 Å². The van der Waals surface area contributed by atoms with E-state index in [4.69, 9.17) is 4.98 Å². The smallest absolute Gasteiger partial charge is 0.254 e. The van der Waals surface area contributed by atoms with E-state index in [0.29, 0.717) is 5.92 Å². The number of aromatic amines is 1. The zero-order valence-corrected chi connectivity index (χ0v) is 14.5. The third-order valence-corrected chi connectivity index (χ3v) is 6.17. The van der Waals surface area contributed by atoms with E-state index >= 15 is 0 Å². The molecule has 25 heavy (non-hydrogen) atoms. The molecule has 0 aromatic carbocycles. The molecule has 1 saturated carbocycles. The molecule has 1 unspecified atom stereocenters.